The summed E-state index contributed by atoms with van der Waals surface area (Å²) < 4.78 is 0. The molecule has 30 heavy (non-hydrogen) atoms. The number of carbonyl (C=O) groups excluding carboxylic acids is 3. The highest BCUT2D eigenvalue weighted by Crippen LogP contribution is 2.33. The Labute approximate surface area is 177 Å². The van der Waals surface area contributed by atoms with Gasteiger partial charge in [0, 0.05) is 12.6 Å². The van der Waals surface area contributed by atoms with Crippen LogP contribution in [0.4, 0.5) is 4.79 Å². The average molecular weight is 408 g/mol. The van der Waals surface area contributed by atoms with E-state index in [9.17, 15) is 14.4 Å². The maximum Gasteiger partial charge on any atom is 0.325 e. The summed E-state index contributed by atoms with van der Waals surface area (Å²) in [6, 6.07) is 18.4. The molecule has 1 N–H and O–H groups in total. The molecule has 0 aliphatic carbocycles. The van der Waals surface area contributed by atoms with Crippen LogP contribution in [0.25, 0.3) is 0 Å². The van der Waals surface area contributed by atoms with Crippen LogP contribution in [0.2, 0.25) is 0 Å². The van der Waals surface area contributed by atoms with Gasteiger partial charge in [0.15, 0.2) is 0 Å². The molecule has 1 aliphatic heterocycles. The van der Waals surface area contributed by atoms with E-state index in [1.165, 1.54) is 0 Å². The number of hydrogen-bond donors (Lipinski definition) is 1. The van der Waals surface area contributed by atoms with Gasteiger partial charge >= 0.3 is 6.03 Å². The molecule has 0 radical (unpaired) electrons. The van der Waals surface area contributed by atoms with Crippen LogP contribution in [0.5, 0.6) is 0 Å². The zero-order chi connectivity index (χ0) is 21.7. The second kappa shape index (κ2) is 9.11. The van der Waals surface area contributed by atoms with Crippen molar-refractivity contribution < 1.29 is 14.4 Å². The number of urea groups is 1. The first-order valence-electron chi connectivity index (χ1n) is 10.4. The van der Waals surface area contributed by atoms with E-state index in [1.54, 1.807) is 4.90 Å². The van der Waals surface area contributed by atoms with E-state index >= 15 is 0 Å². The first-order chi connectivity index (χ1) is 14.4. The van der Waals surface area contributed by atoms with Gasteiger partial charge in [-0.2, -0.15) is 0 Å². The minimum Gasteiger partial charge on any atom is -0.334 e. The molecule has 0 saturated carbocycles. The van der Waals surface area contributed by atoms with Crippen molar-refractivity contribution >= 4 is 17.8 Å². The number of carbonyl (C=O) groups is 3. The third-order valence-corrected chi connectivity index (χ3v) is 5.50. The fraction of sp³-hybridized carbons (Fsp3) is 0.375. The van der Waals surface area contributed by atoms with E-state index in [1.807, 2.05) is 81.4 Å². The van der Waals surface area contributed by atoms with Crippen molar-refractivity contribution in [2.45, 2.75) is 51.7 Å². The monoisotopic (exact) mass is 407 g/mol. The Hall–Kier alpha value is -3.15. The summed E-state index contributed by atoms with van der Waals surface area (Å²) in [5.41, 5.74) is 0.627. The van der Waals surface area contributed by atoms with Crippen molar-refractivity contribution in [3.63, 3.8) is 0 Å². The Morgan fingerprint density at radius 2 is 1.63 bits per heavy atom. The third-order valence-electron chi connectivity index (χ3n) is 5.50. The van der Waals surface area contributed by atoms with Gasteiger partial charge in [-0.05, 0) is 31.4 Å². The first-order valence-corrected chi connectivity index (χ1v) is 10.4. The minimum atomic E-state index is -1.12. The fourth-order valence-electron chi connectivity index (χ4n) is 3.94. The number of hydrogen-bond acceptors (Lipinski definition) is 3. The molecule has 0 bridgehead atoms. The molecule has 2 aromatic rings. The van der Waals surface area contributed by atoms with Crippen LogP contribution < -0.4 is 5.32 Å². The Balaban J connectivity index is 1.82. The normalized spacial score (nSPS) is 18.6. The van der Waals surface area contributed by atoms with Gasteiger partial charge in [-0.3, -0.25) is 14.5 Å². The summed E-state index contributed by atoms with van der Waals surface area (Å²) in [5, 5.41) is 2.87. The lowest BCUT2D eigenvalue weighted by atomic mass is 9.85. The van der Waals surface area contributed by atoms with E-state index in [-0.39, 0.29) is 24.4 Å². The maximum atomic E-state index is 13.4. The Kier molecular flexibility index (Phi) is 6.55. The number of amides is 4. The van der Waals surface area contributed by atoms with Gasteiger partial charge in [-0.1, -0.05) is 74.0 Å². The van der Waals surface area contributed by atoms with Crippen molar-refractivity contribution in [1.29, 1.82) is 0 Å². The molecule has 1 aliphatic rings. The molecule has 0 aromatic heterocycles. The van der Waals surface area contributed by atoms with Crippen LogP contribution in [0.15, 0.2) is 60.7 Å². The van der Waals surface area contributed by atoms with Crippen LogP contribution in [-0.4, -0.2) is 40.2 Å². The van der Waals surface area contributed by atoms with Gasteiger partial charge in [0.25, 0.3) is 5.91 Å². The topological polar surface area (TPSA) is 69.7 Å². The summed E-state index contributed by atoms with van der Waals surface area (Å²) in [4.78, 5) is 42.0. The molecule has 1 atom stereocenters. The highest BCUT2D eigenvalue weighted by molar-refractivity contribution is 6.09. The molecule has 6 heteroatoms. The first kappa shape index (κ1) is 21.6. The molecule has 2 aromatic carbocycles. The van der Waals surface area contributed by atoms with Crippen LogP contribution in [-0.2, 0) is 21.7 Å². The van der Waals surface area contributed by atoms with Crippen LogP contribution in [0.1, 0.15) is 44.7 Å². The fourth-order valence-corrected chi connectivity index (χ4v) is 3.94. The molecule has 1 fully saturated rings. The predicted molar refractivity (Wildman–Crippen MR) is 115 cm³/mol. The molecule has 1 heterocycles. The van der Waals surface area contributed by atoms with Crippen LogP contribution in [0, 0.1) is 0 Å². The average Bonchev–Trinajstić information content (AvgIpc) is 2.98. The van der Waals surface area contributed by atoms with E-state index in [2.05, 4.69) is 5.32 Å². The zero-order valence-electron chi connectivity index (χ0n) is 17.8. The quantitative estimate of drug-likeness (QED) is 0.679. The van der Waals surface area contributed by atoms with Gasteiger partial charge in [0.2, 0.25) is 5.91 Å². The minimum absolute atomic E-state index is 0.0620. The predicted octanol–water partition coefficient (Wildman–Crippen LogP) is 3.67. The van der Waals surface area contributed by atoms with E-state index in [4.69, 9.17) is 0 Å². The van der Waals surface area contributed by atoms with Gasteiger partial charge in [0.05, 0.1) is 0 Å². The second-order valence-electron chi connectivity index (χ2n) is 7.94. The van der Waals surface area contributed by atoms with Crippen LogP contribution in [0.3, 0.4) is 0 Å². The van der Waals surface area contributed by atoms with E-state index in [0.29, 0.717) is 13.0 Å². The zero-order valence-corrected chi connectivity index (χ0v) is 17.8. The number of rotatable bonds is 8. The van der Waals surface area contributed by atoms with Crippen molar-refractivity contribution in [1.82, 2.24) is 15.1 Å². The van der Waals surface area contributed by atoms with Crippen molar-refractivity contribution in [3.05, 3.63) is 71.8 Å². The standard InChI is InChI=1S/C24H29N3O3/c1-4-15-24(20-13-9-6-10-14-20)22(29)27(23(30)25-24)17-21(28)26(18(2)3)16-19-11-7-5-8-12-19/h5-14,18H,4,15-17H2,1-3H3,(H,25,30). The van der Waals surface area contributed by atoms with Gasteiger partial charge in [-0.25, -0.2) is 4.79 Å². The molecule has 0 spiro atoms. The Morgan fingerprint density at radius 3 is 2.20 bits per heavy atom. The van der Waals surface area contributed by atoms with Crippen molar-refractivity contribution in [2.75, 3.05) is 6.54 Å². The smallest absolute Gasteiger partial charge is 0.325 e. The number of nitrogens with zero attached hydrogens (tertiary/aromatic N) is 2. The van der Waals surface area contributed by atoms with Gasteiger partial charge < -0.3 is 10.2 Å². The highest BCUT2D eigenvalue weighted by atomic mass is 16.2. The third kappa shape index (κ3) is 4.22. The molecule has 1 unspecified atom stereocenters. The number of nitrogens with one attached hydrogen (secondary N) is 1. The Bertz CT molecular complexity index is 898. The number of benzene rings is 2. The lowest BCUT2D eigenvalue weighted by Crippen LogP contribution is -2.47. The molecular formula is C24H29N3O3. The summed E-state index contributed by atoms with van der Waals surface area (Å²) in [7, 11) is 0. The lowest BCUT2D eigenvalue weighted by Gasteiger charge is -2.29. The summed E-state index contributed by atoms with van der Waals surface area (Å²) in [6.07, 6.45) is 1.19. The van der Waals surface area contributed by atoms with E-state index < -0.39 is 11.6 Å². The molecule has 4 amide bonds. The summed E-state index contributed by atoms with van der Waals surface area (Å²) >= 11 is 0. The molecule has 3 rings (SSSR count). The molecule has 1 saturated heterocycles. The highest BCUT2D eigenvalue weighted by Gasteiger charge is 2.52. The maximum absolute atomic E-state index is 13.4. The summed E-state index contributed by atoms with van der Waals surface area (Å²) in [5.74, 6) is -0.616. The lowest BCUT2D eigenvalue weighted by molar-refractivity contribution is -0.140. The summed E-state index contributed by atoms with van der Waals surface area (Å²) in [6.45, 7) is 5.99. The van der Waals surface area contributed by atoms with Crippen molar-refractivity contribution in [3.8, 4) is 0 Å². The second-order valence-corrected chi connectivity index (χ2v) is 7.94. The van der Waals surface area contributed by atoms with Gasteiger partial charge in [-0.15, -0.1) is 0 Å². The largest absolute Gasteiger partial charge is 0.334 e. The number of imide groups is 1. The Morgan fingerprint density at radius 1 is 1.03 bits per heavy atom. The molecular weight excluding hydrogens is 378 g/mol. The van der Waals surface area contributed by atoms with Gasteiger partial charge in [0.1, 0.15) is 12.1 Å². The van der Waals surface area contributed by atoms with E-state index in [0.717, 1.165) is 22.4 Å². The SMILES string of the molecule is CCCC1(c2ccccc2)NC(=O)N(CC(=O)N(Cc2ccccc2)C(C)C)C1=O. The van der Waals surface area contributed by atoms with Crippen LogP contribution >= 0.6 is 0 Å². The molecule has 158 valence electrons. The molecule has 6 nitrogen and oxygen atoms in total. The van der Waals surface area contributed by atoms with Crippen molar-refractivity contribution in [2.24, 2.45) is 0 Å².